The molecule has 0 saturated carbocycles. The first-order valence-electron chi connectivity index (χ1n) is 5.39. The highest BCUT2D eigenvalue weighted by molar-refractivity contribution is 14.0. The summed E-state index contributed by atoms with van der Waals surface area (Å²) in [5, 5.41) is 6.13. The van der Waals surface area contributed by atoms with Crippen molar-refractivity contribution in [3.05, 3.63) is 0 Å². The van der Waals surface area contributed by atoms with Gasteiger partial charge in [-0.3, -0.25) is 4.99 Å². The van der Waals surface area contributed by atoms with Crippen molar-refractivity contribution in [2.24, 2.45) is 4.99 Å². The van der Waals surface area contributed by atoms with Crippen molar-refractivity contribution in [1.82, 2.24) is 10.6 Å². The topological polar surface area (TPSA) is 70.6 Å². The number of nitrogens with zero attached hydrogens (tertiary/aromatic N) is 1. The lowest BCUT2D eigenvalue weighted by atomic mass is 10.1. The van der Waals surface area contributed by atoms with E-state index in [4.69, 9.17) is 0 Å². The van der Waals surface area contributed by atoms with Gasteiger partial charge >= 0.3 is 0 Å². The van der Waals surface area contributed by atoms with Crippen LogP contribution in [0, 0.1) is 0 Å². The smallest absolute Gasteiger partial charge is 0.191 e. The summed E-state index contributed by atoms with van der Waals surface area (Å²) in [6, 6.07) is 0. The molecule has 0 atom stereocenters. The SMILES string of the molecule is CCS(=O)(=O)CCNC(=NC)NC(C)(C)C.I. The molecule has 0 aliphatic rings. The van der Waals surface area contributed by atoms with E-state index in [1.807, 2.05) is 20.8 Å². The molecule has 0 spiro atoms. The molecular weight excluding hydrogens is 353 g/mol. The number of hydrogen-bond donors (Lipinski definition) is 2. The zero-order chi connectivity index (χ0) is 12.8. The molecule has 2 N–H and O–H groups in total. The van der Waals surface area contributed by atoms with Crippen LogP contribution in [0.4, 0.5) is 0 Å². The minimum Gasteiger partial charge on any atom is -0.355 e. The van der Waals surface area contributed by atoms with Crippen molar-refractivity contribution in [2.75, 3.05) is 25.1 Å². The molecule has 17 heavy (non-hydrogen) atoms. The van der Waals surface area contributed by atoms with Crippen LogP contribution in [-0.2, 0) is 9.84 Å². The Labute approximate surface area is 122 Å². The van der Waals surface area contributed by atoms with Crippen LogP contribution in [0.5, 0.6) is 0 Å². The number of rotatable bonds is 4. The van der Waals surface area contributed by atoms with Crippen LogP contribution in [0.25, 0.3) is 0 Å². The molecule has 0 aliphatic heterocycles. The zero-order valence-electron chi connectivity index (χ0n) is 11.2. The highest BCUT2D eigenvalue weighted by Crippen LogP contribution is 1.97. The minimum absolute atomic E-state index is 0. The molecule has 0 fully saturated rings. The lowest BCUT2D eigenvalue weighted by molar-refractivity contribution is 0.502. The van der Waals surface area contributed by atoms with E-state index < -0.39 is 9.84 Å². The van der Waals surface area contributed by atoms with Crippen LogP contribution in [0.3, 0.4) is 0 Å². The summed E-state index contributed by atoms with van der Waals surface area (Å²) in [5.74, 6) is 0.938. The third kappa shape index (κ3) is 10.8. The summed E-state index contributed by atoms with van der Waals surface area (Å²) in [4.78, 5) is 4.02. The van der Waals surface area contributed by atoms with Gasteiger partial charge in [0.25, 0.3) is 0 Å². The largest absolute Gasteiger partial charge is 0.355 e. The summed E-state index contributed by atoms with van der Waals surface area (Å²) in [6.45, 7) is 8.08. The van der Waals surface area contributed by atoms with E-state index >= 15 is 0 Å². The second kappa shape index (κ2) is 8.12. The summed E-state index contributed by atoms with van der Waals surface area (Å²) in [7, 11) is -1.25. The predicted octanol–water partition coefficient (Wildman–Crippen LogP) is 1.00. The van der Waals surface area contributed by atoms with Crippen molar-refractivity contribution in [3.63, 3.8) is 0 Å². The number of hydrogen-bond acceptors (Lipinski definition) is 3. The van der Waals surface area contributed by atoms with Crippen molar-refractivity contribution in [3.8, 4) is 0 Å². The number of aliphatic imine (C=N–C) groups is 1. The number of nitrogens with one attached hydrogen (secondary N) is 2. The van der Waals surface area contributed by atoms with E-state index in [1.165, 1.54) is 0 Å². The van der Waals surface area contributed by atoms with Gasteiger partial charge in [-0.25, -0.2) is 8.42 Å². The molecule has 0 aromatic carbocycles. The molecule has 104 valence electrons. The van der Waals surface area contributed by atoms with E-state index in [0.29, 0.717) is 12.5 Å². The monoisotopic (exact) mass is 377 g/mol. The van der Waals surface area contributed by atoms with Gasteiger partial charge in [0.05, 0.1) is 5.75 Å². The fraction of sp³-hybridized carbons (Fsp3) is 0.900. The predicted molar refractivity (Wildman–Crippen MR) is 84.0 cm³/mol. The van der Waals surface area contributed by atoms with Gasteiger partial charge in [-0.1, -0.05) is 6.92 Å². The maximum absolute atomic E-state index is 11.3. The van der Waals surface area contributed by atoms with E-state index in [9.17, 15) is 8.42 Å². The molecule has 0 rings (SSSR count). The van der Waals surface area contributed by atoms with E-state index in [0.717, 1.165) is 0 Å². The molecule has 0 unspecified atom stereocenters. The maximum Gasteiger partial charge on any atom is 0.191 e. The molecule has 0 aliphatic carbocycles. The second-order valence-corrected chi connectivity index (χ2v) is 7.08. The van der Waals surface area contributed by atoms with Crippen LogP contribution >= 0.6 is 24.0 Å². The van der Waals surface area contributed by atoms with E-state index in [-0.39, 0.29) is 41.0 Å². The van der Waals surface area contributed by atoms with Gasteiger partial charge in [0, 0.05) is 24.9 Å². The first kappa shape index (κ1) is 19.3. The Morgan fingerprint density at radius 3 is 2.18 bits per heavy atom. The highest BCUT2D eigenvalue weighted by atomic mass is 127. The lowest BCUT2D eigenvalue weighted by Gasteiger charge is -2.23. The number of halogens is 1. The number of guanidine groups is 1. The normalized spacial score (nSPS) is 12.9. The molecule has 7 heteroatoms. The van der Waals surface area contributed by atoms with Gasteiger partial charge < -0.3 is 10.6 Å². The Hall–Kier alpha value is -0.0500. The first-order valence-corrected chi connectivity index (χ1v) is 7.21. The molecule has 0 saturated heterocycles. The molecule has 0 heterocycles. The Balaban J connectivity index is 0. The second-order valence-electron chi connectivity index (χ2n) is 4.61. The summed E-state index contributed by atoms with van der Waals surface area (Å²) >= 11 is 0. The maximum atomic E-state index is 11.3. The minimum atomic E-state index is -2.91. The van der Waals surface area contributed by atoms with Crippen molar-refractivity contribution < 1.29 is 8.42 Å². The third-order valence-electron chi connectivity index (χ3n) is 1.86. The van der Waals surface area contributed by atoms with Crippen LogP contribution in [0.2, 0.25) is 0 Å². The Morgan fingerprint density at radius 1 is 1.29 bits per heavy atom. The lowest BCUT2D eigenvalue weighted by Crippen LogP contribution is -2.48. The summed E-state index contributed by atoms with van der Waals surface area (Å²) < 4.78 is 22.5. The summed E-state index contributed by atoms with van der Waals surface area (Å²) in [5.41, 5.74) is -0.0918. The van der Waals surface area contributed by atoms with Crippen molar-refractivity contribution in [1.29, 1.82) is 0 Å². The molecule has 0 amide bonds. The molecule has 5 nitrogen and oxygen atoms in total. The van der Waals surface area contributed by atoms with Crippen LogP contribution in [-0.4, -0.2) is 45.0 Å². The average Bonchev–Trinajstić information content (AvgIpc) is 2.14. The van der Waals surface area contributed by atoms with Gasteiger partial charge in [0.15, 0.2) is 15.8 Å². The van der Waals surface area contributed by atoms with Gasteiger partial charge in [-0.15, -0.1) is 24.0 Å². The molecular formula is C10H24IN3O2S. The molecule has 0 aromatic heterocycles. The van der Waals surface area contributed by atoms with Gasteiger partial charge in [-0.05, 0) is 20.8 Å². The van der Waals surface area contributed by atoms with Crippen molar-refractivity contribution >= 4 is 39.8 Å². The fourth-order valence-corrected chi connectivity index (χ4v) is 1.71. The van der Waals surface area contributed by atoms with Crippen LogP contribution in [0.15, 0.2) is 4.99 Å². The summed E-state index contributed by atoms with van der Waals surface area (Å²) in [6.07, 6.45) is 0. The quantitative estimate of drug-likeness (QED) is 0.436. The molecule has 0 aromatic rings. The Morgan fingerprint density at radius 2 is 1.82 bits per heavy atom. The Kier molecular flexibility index (Phi) is 9.22. The van der Waals surface area contributed by atoms with E-state index in [2.05, 4.69) is 15.6 Å². The third-order valence-corrected chi connectivity index (χ3v) is 3.57. The first-order chi connectivity index (χ1) is 7.20. The van der Waals surface area contributed by atoms with Crippen molar-refractivity contribution in [2.45, 2.75) is 33.2 Å². The van der Waals surface area contributed by atoms with Gasteiger partial charge in [-0.2, -0.15) is 0 Å². The standard InChI is InChI=1S/C10H23N3O2S.HI/c1-6-16(14,15)8-7-12-9(11-5)13-10(2,3)4;/h6-8H2,1-5H3,(H2,11,12,13);1H. The van der Waals surface area contributed by atoms with Crippen LogP contribution < -0.4 is 10.6 Å². The fourth-order valence-electron chi connectivity index (χ4n) is 1.00. The number of sulfone groups is 1. The highest BCUT2D eigenvalue weighted by Gasteiger charge is 2.12. The molecule has 0 bridgehead atoms. The van der Waals surface area contributed by atoms with Gasteiger partial charge in [0.2, 0.25) is 0 Å². The average molecular weight is 377 g/mol. The van der Waals surface area contributed by atoms with Crippen LogP contribution in [0.1, 0.15) is 27.7 Å². The van der Waals surface area contributed by atoms with Gasteiger partial charge in [0.1, 0.15) is 0 Å². The zero-order valence-corrected chi connectivity index (χ0v) is 14.3. The Bertz CT molecular complexity index is 334. The molecule has 0 radical (unpaired) electrons. The van der Waals surface area contributed by atoms with E-state index in [1.54, 1.807) is 14.0 Å².